The summed E-state index contributed by atoms with van der Waals surface area (Å²) < 4.78 is 24.1. The third-order valence-electron chi connectivity index (χ3n) is 12.9. The molecule has 0 radical (unpaired) electrons. The Balaban J connectivity index is 1.26. The molecule has 1 spiro atoms. The van der Waals surface area contributed by atoms with E-state index in [9.17, 15) is 45.6 Å². The zero-order chi connectivity index (χ0) is 32.7. The van der Waals surface area contributed by atoms with Gasteiger partial charge in [-0.3, -0.25) is 4.79 Å². The van der Waals surface area contributed by atoms with E-state index >= 15 is 0 Å². The summed E-state index contributed by atoms with van der Waals surface area (Å²) in [5, 5.41) is 82.8. The van der Waals surface area contributed by atoms with E-state index in [1.807, 2.05) is 6.92 Å². The van der Waals surface area contributed by atoms with Crippen LogP contribution in [0, 0.1) is 28.1 Å². The van der Waals surface area contributed by atoms with Gasteiger partial charge in [-0.05, 0) is 86.5 Å². The van der Waals surface area contributed by atoms with Crippen molar-refractivity contribution in [1.29, 1.82) is 0 Å². The summed E-state index contributed by atoms with van der Waals surface area (Å²) in [4.78, 5) is 12.5. The number of aliphatic hydroxyl groups excluding tert-OH is 7. The van der Waals surface area contributed by atoms with Crippen molar-refractivity contribution >= 4 is 5.97 Å². The van der Waals surface area contributed by atoms with Crippen LogP contribution in [0.15, 0.2) is 12.2 Å². The molecule has 13 nitrogen and oxygen atoms in total. The summed E-state index contributed by atoms with van der Waals surface area (Å²) in [6, 6.07) is 0. The van der Waals surface area contributed by atoms with Crippen molar-refractivity contribution in [3.05, 3.63) is 12.2 Å². The maximum atomic E-state index is 12.5. The Morgan fingerprint density at radius 2 is 1.47 bits per heavy atom. The molecule has 256 valence electrons. The standard InChI is InChI=1S/C32H50O13/c1-15-11-31-9-5-18-29(2,7-4-8-30(18,3)28(40)41)19(31)6-10-32(15,14-31)45-27-25(23(38)21(36)17(13-34)43-27)44-26-24(39)22(37)20(35)16(12-33)42-26/h16-27,33-39H,1,4-14H2,2-3H3,(H,40,41)/t16-,17-,18+,19+,20-,21-,22+,23+,24-,25-,26+,27+,29-,30-,31-,32+/m1/s1. The number of ether oxygens (including phenoxy) is 4. The highest BCUT2D eigenvalue weighted by Gasteiger charge is 2.69. The van der Waals surface area contributed by atoms with Crippen molar-refractivity contribution in [1.82, 2.24) is 0 Å². The second-order valence-electron chi connectivity index (χ2n) is 15.2. The van der Waals surface area contributed by atoms with Crippen molar-refractivity contribution < 1.29 is 64.6 Å². The average Bonchev–Trinajstić information content (AvgIpc) is 3.19. The first kappa shape index (κ1) is 33.7. The first-order valence-electron chi connectivity index (χ1n) is 16.3. The van der Waals surface area contributed by atoms with Crippen molar-refractivity contribution in [2.45, 2.75) is 139 Å². The first-order chi connectivity index (χ1) is 21.2. The maximum Gasteiger partial charge on any atom is 0.309 e. The number of carboxylic acids is 1. The van der Waals surface area contributed by atoms with E-state index < -0.39 is 91.6 Å². The molecule has 16 atom stereocenters. The molecular weight excluding hydrogens is 592 g/mol. The molecule has 45 heavy (non-hydrogen) atoms. The smallest absolute Gasteiger partial charge is 0.309 e. The van der Waals surface area contributed by atoms with Crippen molar-refractivity contribution in [2.75, 3.05) is 13.2 Å². The minimum atomic E-state index is -1.76. The lowest BCUT2D eigenvalue weighted by molar-refractivity contribution is -0.378. The van der Waals surface area contributed by atoms with Crippen LogP contribution in [-0.2, 0) is 23.7 Å². The third kappa shape index (κ3) is 5.04. The molecular formula is C32H50O13. The van der Waals surface area contributed by atoms with Crippen LogP contribution in [0.5, 0.6) is 0 Å². The van der Waals surface area contributed by atoms with Crippen molar-refractivity contribution in [2.24, 2.45) is 28.1 Å². The van der Waals surface area contributed by atoms with Gasteiger partial charge in [0.25, 0.3) is 0 Å². The SMILES string of the molecule is C=C1C[C@@]23CC[C@H]4[C@@](C)(CCC[C@@]4(C)C(=O)O)[C@@H]2CC[C@]1(O[C@@H]1O[C@H](CO)[C@@H](O)[C@H](O)[C@H]1O[C@@H]1O[C@H](CO)[C@@H](O)[C@H](O)[C@H]1O)C3. The number of carbonyl (C=O) groups is 1. The zero-order valence-corrected chi connectivity index (χ0v) is 26.0. The number of aliphatic hydroxyl groups is 7. The fourth-order valence-corrected chi connectivity index (χ4v) is 10.6. The van der Waals surface area contributed by atoms with E-state index in [0.29, 0.717) is 25.7 Å². The Morgan fingerprint density at radius 1 is 0.844 bits per heavy atom. The molecule has 4 saturated carbocycles. The molecule has 6 fully saturated rings. The van der Waals surface area contributed by atoms with Crippen LogP contribution in [-0.4, -0.2) is 127 Å². The normalized spacial score (nSPS) is 54.7. The fourth-order valence-electron chi connectivity index (χ4n) is 10.6. The lowest BCUT2D eigenvalue weighted by Crippen LogP contribution is -2.65. The van der Waals surface area contributed by atoms with E-state index in [1.165, 1.54) is 0 Å². The largest absolute Gasteiger partial charge is 0.481 e. The van der Waals surface area contributed by atoms with Gasteiger partial charge in [-0.15, -0.1) is 0 Å². The lowest BCUT2D eigenvalue weighted by atomic mass is 9.41. The molecule has 6 rings (SSSR count). The van der Waals surface area contributed by atoms with Crippen molar-refractivity contribution in [3.8, 4) is 0 Å². The van der Waals surface area contributed by atoms with Gasteiger partial charge in [0.2, 0.25) is 0 Å². The number of carboxylic acid groups (broad SMARTS) is 1. The van der Waals surface area contributed by atoms with Crippen LogP contribution in [0.4, 0.5) is 0 Å². The monoisotopic (exact) mass is 642 g/mol. The Morgan fingerprint density at radius 3 is 2.11 bits per heavy atom. The summed E-state index contributed by atoms with van der Waals surface area (Å²) in [5.74, 6) is -0.392. The fraction of sp³-hybridized carbons (Fsp3) is 0.906. The maximum absolute atomic E-state index is 12.5. The van der Waals surface area contributed by atoms with E-state index in [4.69, 9.17) is 18.9 Å². The highest BCUT2D eigenvalue weighted by Crippen LogP contribution is 2.73. The van der Waals surface area contributed by atoms with Gasteiger partial charge in [0.15, 0.2) is 12.6 Å². The molecule has 2 heterocycles. The predicted molar refractivity (Wildman–Crippen MR) is 154 cm³/mol. The number of hydrogen-bond acceptors (Lipinski definition) is 12. The second kappa shape index (κ2) is 11.7. The van der Waals surface area contributed by atoms with Crippen molar-refractivity contribution in [3.63, 3.8) is 0 Å². The Hall–Kier alpha value is -1.23. The number of hydrogen-bond donors (Lipinski definition) is 8. The van der Waals surface area contributed by atoms with Gasteiger partial charge >= 0.3 is 5.97 Å². The summed E-state index contributed by atoms with van der Waals surface area (Å²) in [6.07, 6.45) is -8.44. The van der Waals surface area contributed by atoms with Gasteiger partial charge in [-0.25, -0.2) is 0 Å². The quantitative estimate of drug-likeness (QED) is 0.134. The number of fused-ring (bicyclic) bond motifs is 3. The van der Waals surface area contributed by atoms with Crippen LogP contribution >= 0.6 is 0 Å². The molecule has 4 aliphatic carbocycles. The van der Waals surface area contributed by atoms with Gasteiger partial charge in [0.1, 0.15) is 48.8 Å². The zero-order valence-electron chi connectivity index (χ0n) is 26.0. The molecule has 0 aromatic rings. The molecule has 13 heteroatoms. The van der Waals surface area contributed by atoms with E-state index in [0.717, 1.165) is 37.7 Å². The summed E-state index contributed by atoms with van der Waals surface area (Å²) in [7, 11) is 0. The molecule has 2 saturated heterocycles. The molecule has 0 amide bonds. The molecule has 0 unspecified atom stereocenters. The lowest BCUT2D eigenvalue weighted by Gasteiger charge is -2.64. The van der Waals surface area contributed by atoms with Gasteiger partial charge in [0, 0.05) is 0 Å². The molecule has 2 bridgehead atoms. The Bertz CT molecular complexity index is 1150. The molecule has 0 aromatic carbocycles. The van der Waals surface area contributed by atoms with Crippen LogP contribution in [0.2, 0.25) is 0 Å². The van der Waals surface area contributed by atoms with Crippen LogP contribution in [0.25, 0.3) is 0 Å². The van der Waals surface area contributed by atoms with E-state index in [-0.39, 0.29) is 22.7 Å². The van der Waals surface area contributed by atoms with Crippen LogP contribution < -0.4 is 0 Å². The molecule has 6 aliphatic rings. The highest BCUT2D eigenvalue weighted by atomic mass is 16.8. The van der Waals surface area contributed by atoms with Gasteiger partial charge in [-0.2, -0.15) is 0 Å². The minimum Gasteiger partial charge on any atom is -0.481 e. The summed E-state index contributed by atoms with van der Waals surface area (Å²) in [5.41, 5.74) is -1.10. The molecule has 8 N–H and O–H groups in total. The molecule has 0 aromatic heterocycles. The Labute approximate surface area is 262 Å². The highest BCUT2D eigenvalue weighted by molar-refractivity contribution is 5.75. The minimum absolute atomic E-state index is 0.0640. The predicted octanol–water partition coefficient (Wildman–Crippen LogP) is -0.197. The number of aliphatic carboxylic acids is 1. The van der Waals surface area contributed by atoms with Crippen LogP contribution in [0.1, 0.15) is 71.6 Å². The summed E-state index contributed by atoms with van der Waals surface area (Å²) in [6.45, 7) is 7.33. The average molecular weight is 643 g/mol. The second-order valence-corrected chi connectivity index (χ2v) is 15.2. The van der Waals surface area contributed by atoms with E-state index in [1.54, 1.807) is 0 Å². The van der Waals surface area contributed by atoms with E-state index in [2.05, 4.69) is 13.5 Å². The van der Waals surface area contributed by atoms with Gasteiger partial charge < -0.3 is 59.8 Å². The first-order valence-corrected chi connectivity index (χ1v) is 16.3. The topological polar surface area (TPSA) is 216 Å². The van der Waals surface area contributed by atoms with Gasteiger partial charge in [-0.1, -0.05) is 19.9 Å². The van der Waals surface area contributed by atoms with Gasteiger partial charge in [0.05, 0.1) is 24.2 Å². The Kier molecular flexibility index (Phi) is 8.77. The van der Waals surface area contributed by atoms with Crippen LogP contribution in [0.3, 0.4) is 0 Å². The summed E-state index contributed by atoms with van der Waals surface area (Å²) >= 11 is 0. The number of rotatable bonds is 7. The molecule has 2 aliphatic heterocycles. The third-order valence-corrected chi connectivity index (χ3v) is 12.9.